The third-order valence-corrected chi connectivity index (χ3v) is 5.34. The average Bonchev–Trinajstić information content (AvgIpc) is 2.47. The van der Waals surface area contributed by atoms with Crippen molar-refractivity contribution in [2.75, 3.05) is 6.54 Å². The lowest BCUT2D eigenvalue weighted by molar-refractivity contribution is 0.150. The van der Waals surface area contributed by atoms with Gasteiger partial charge in [-0.05, 0) is 77.5 Å². The highest BCUT2D eigenvalue weighted by Crippen LogP contribution is 2.42. The van der Waals surface area contributed by atoms with E-state index in [1.54, 1.807) is 0 Å². The predicted molar refractivity (Wildman–Crippen MR) is 88.6 cm³/mol. The lowest BCUT2D eigenvalue weighted by Gasteiger charge is -2.39. The molecule has 1 aromatic heterocycles. The number of hydrogen-bond acceptors (Lipinski definition) is 2. The molecule has 112 valence electrons. The average molecular weight is 339 g/mol. The molecule has 0 aliphatic heterocycles. The first-order valence-electron chi connectivity index (χ1n) is 7.97. The van der Waals surface area contributed by atoms with Gasteiger partial charge in [-0.25, -0.2) is 0 Å². The summed E-state index contributed by atoms with van der Waals surface area (Å²) >= 11 is 3.51. The fourth-order valence-electron chi connectivity index (χ4n) is 3.51. The van der Waals surface area contributed by atoms with Gasteiger partial charge in [-0.1, -0.05) is 26.2 Å². The van der Waals surface area contributed by atoms with Crippen LogP contribution in [0.1, 0.15) is 57.4 Å². The molecular weight excluding hydrogens is 312 g/mol. The van der Waals surface area contributed by atoms with E-state index in [0.717, 1.165) is 23.4 Å². The molecule has 0 aromatic carbocycles. The molecule has 1 aliphatic carbocycles. The van der Waals surface area contributed by atoms with E-state index in [9.17, 15) is 0 Å². The molecule has 0 atom stereocenters. The second-order valence-electron chi connectivity index (χ2n) is 6.48. The highest BCUT2D eigenvalue weighted by atomic mass is 79.9. The van der Waals surface area contributed by atoms with Gasteiger partial charge < -0.3 is 5.73 Å². The van der Waals surface area contributed by atoms with E-state index in [4.69, 9.17) is 5.73 Å². The van der Waals surface area contributed by atoms with Gasteiger partial charge >= 0.3 is 0 Å². The first-order chi connectivity index (χ1) is 9.67. The maximum Gasteiger partial charge on any atom is 0.0410 e. The fraction of sp³-hybridized carbons (Fsp3) is 0.706. The SMILES string of the molecule is CCCCC1CCC(CN)(Cc2cncc(Br)c2)CC1. The van der Waals surface area contributed by atoms with E-state index in [2.05, 4.69) is 33.9 Å². The minimum absolute atomic E-state index is 0.311. The zero-order valence-electron chi connectivity index (χ0n) is 12.6. The molecule has 3 heteroatoms. The minimum Gasteiger partial charge on any atom is -0.330 e. The van der Waals surface area contributed by atoms with E-state index in [1.165, 1.54) is 50.5 Å². The van der Waals surface area contributed by atoms with Crippen LogP contribution in [0.25, 0.3) is 0 Å². The van der Waals surface area contributed by atoms with Gasteiger partial charge in [-0.2, -0.15) is 0 Å². The zero-order chi connectivity index (χ0) is 14.4. The fourth-order valence-corrected chi connectivity index (χ4v) is 3.92. The summed E-state index contributed by atoms with van der Waals surface area (Å²) in [5.74, 6) is 0.940. The number of nitrogens with zero attached hydrogens (tertiary/aromatic N) is 1. The first kappa shape index (κ1) is 16.0. The van der Waals surface area contributed by atoms with Gasteiger partial charge in [0.25, 0.3) is 0 Å². The standard InChI is InChI=1S/C17H27BrN2/c1-2-3-4-14-5-7-17(13-19,8-6-14)10-15-9-16(18)12-20-11-15/h9,11-12,14H,2-8,10,13,19H2,1H3. The number of pyridine rings is 1. The Morgan fingerprint density at radius 3 is 2.70 bits per heavy atom. The Kier molecular flexibility index (Phi) is 6.03. The van der Waals surface area contributed by atoms with E-state index < -0.39 is 0 Å². The lowest BCUT2D eigenvalue weighted by atomic mass is 9.67. The van der Waals surface area contributed by atoms with Crippen LogP contribution in [-0.4, -0.2) is 11.5 Å². The minimum atomic E-state index is 0.311. The van der Waals surface area contributed by atoms with Crippen molar-refractivity contribution in [1.82, 2.24) is 4.98 Å². The largest absolute Gasteiger partial charge is 0.330 e. The molecule has 0 spiro atoms. The number of hydrogen-bond donors (Lipinski definition) is 1. The topological polar surface area (TPSA) is 38.9 Å². The van der Waals surface area contributed by atoms with E-state index >= 15 is 0 Å². The Bertz CT molecular complexity index is 411. The molecule has 0 unspecified atom stereocenters. The van der Waals surface area contributed by atoms with Crippen molar-refractivity contribution >= 4 is 15.9 Å². The second kappa shape index (κ2) is 7.56. The molecule has 1 aliphatic rings. The van der Waals surface area contributed by atoms with Crippen LogP contribution in [-0.2, 0) is 6.42 Å². The Labute approximate surface area is 131 Å². The van der Waals surface area contributed by atoms with Crippen molar-refractivity contribution in [2.45, 2.75) is 58.3 Å². The second-order valence-corrected chi connectivity index (χ2v) is 7.39. The van der Waals surface area contributed by atoms with Gasteiger partial charge in [0.2, 0.25) is 0 Å². The molecule has 20 heavy (non-hydrogen) atoms. The van der Waals surface area contributed by atoms with Crippen LogP contribution in [0.3, 0.4) is 0 Å². The smallest absolute Gasteiger partial charge is 0.0410 e. The van der Waals surface area contributed by atoms with Crippen molar-refractivity contribution in [3.8, 4) is 0 Å². The summed E-state index contributed by atoms with van der Waals surface area (Å²) in [5, 5.41) is 0. The highest BCUT2D eigenvalue weighted by molar-refractivity contribution is 9.10. The van der Waals surface area contributed by atoms with Crippen molar-refractivity contribution < 1.29 is 0 Å². The third-order valence-electron chi connectivity index (χ3n) is 4.91. The Morgan fingerprint density at radius 1 is 1.35 bits per heavy atom. The first-order valence-corrected chi connectivity index (χ1v) is 8.76. The molecule has 2 N–H and O–H groups in total. The number of aromatic nitrogens is 1. The Balaban J connectivity index is 1.94. The molecule has 2 rings (SSSR count). The summed E-state index contributed by atoms with van der Waals surface area (Å²) in [5.41, 5.74) is 7.76. The van der Waals surface area contributed by atoms with Crippen molar-refractivity contribution in [3.63, 3.8) is 0 Å². The Hall–Kier alpha value is -0.410. The lowest BCUT2D eigenvalue weighted by Crippen LogP contribution is -2.37. The van der Waals surface area contributed by atoms with E-state index in [1.807, 2.05) is 12.4 Å². The number of unbranched alkanes of at least 4 members (excludes halogenated alkanes) is 1. The number of halogens is 1. The third kappa shape index (κ3) is 4.29. The monoisotopic (exact) mass is 338 g/mol. The molecule has 0 bridgehead atoms. The molecule has 1 aromatic rings. The number of rotatable bonds is 6. The molecule has 0 radical (unpaired) electrons. The quantitative estimate of drug-likeness (QED) is 0.815. The molecule has 1 saturated carbocycles. The predicted octanol–water partition coefficient (Wildman–Crippen LogP) is 4.71. The summed E-state index contributed by atoms with van der Waals surface area (Å²) in [7, 11) is 0. The van der Waals surface area contributed by atoms with Crippen molar-refractivity contribution in [3.05, 3.63) is 28.5 Å². The molecule has 1 heterocycles. The van der Waals surface area contributed by atoms with Crippen molar-refractivity contribution in [1.29, 1.82) is 0 Å². The highest BCUT2D eigenvalue weighted by Gasteiger charge is 2.34. The molecule has 0 amide bonds. The normalized spacial score (nSPS) is 26.6. The van der Waals surface area contributed by atoms with Crippen LogP contribution in [0.2, 0.25) is 0 Å². The van der Waals surface area contributed by atoms with Gasteiger partial charge in [-0.15, -0.1) is 0 Å². The van der Waals surface area contributed by atoms with Gasteiger partial charge in [0, 0.05) is 16.9 Å². The summed E-state index contributed by atoms with van der Waals surface area (Å²) in [6.45, 7) is 3.09. The van der Waals surface area contributed by atoms with Crippen LogP contribution in [0, 0.1) is 11.3 Å². The molecular formula is C17H27BrN2. The van der Waals surface area contributed by atoms with Crippen LogP contribution >= 0.6 is 15.9 Å². The van der Waals surface area contributed by atoms with Crippen LogP contribution in [0.4, 0.5) is 0 Å². The van der Waals surface area contributed by atoms with E-state index in [0.29, 0.717) is 5.41 Å². The Morgan fingerprint density at radius 2 is 2.10 bits per heavy atom. The van der Waals surface area contributed by atoms with Crippen LogP contribution in [0.15, 0.2) is 22.9 Å². The van der Waals surface area contributed by atoms with Crippen molar-refractivity contribution in [2.24, 2.45) is 17.1 Å². The van der Waals surface area contributed by atoms with Crippen LogP contribution < -0.4 is 5.73 Å². The summed E-state index contributed by atoms with van der Waals surface area (Å²) in [4.78, 5) is 4.28. The van der Waals surface area contributed by atoms with Gasteiger partial charge in [0.05, 0.1) is 0 Å². The molecule has 1 fully saturated rings. The van der Waals surface area contributed by atoms with Crippen LogP contribution in [0.5, 0.6) is 0 Å². The maximum absolute atomic E-state index is 6.14. The van der Waals surface area contributed by atoms with Gasteiger partial charge in [0.15, 0.2) is 0 Å². The maximum atomic E-state index is 6.14. The summed E-state index contributed by atoms with van der Waals surface area (Å²) in [6, 6.07) is 2.19. The molecule has 2 nitrogen and oxygen atoms in total. The number of nitrogens with two attached hydrogens (primary N) is 1. The van der Waals surface area contributed by atoms with E-state index in [-0.39, 0.29) is 0 Å². The van der Waals surface area contributed by atoms with Gasteiger partial charge in [0.1, 0.15) is 0 Å². The zero-order valence-corrected chi connectivity index (χ0v) is 14.2. The van der Waals surface area contributed by atoms with Gasteiger partial charge in [-0.3, -0.25) is 4.98 Å². The summed E-state index contributed by atoms with van der Waals surface area (Å²) < 4.78 is 1.07. The summed E-state index contributed by atoms with van der Waals surface area (Å²) in [6.07, 6.45) is 14.3. The molecule has 0 saturated heterocycles.